The summed E-state index contributed by atoms with van der Waals surface area (Å²) >= 11 is 8.06. The predicted molar refractivity (Wildman–Crippen MR) is 66.4 cm³/mol. The Morgan fingerprint density at radius 1 is 1.43 bits per heavy atom. The van der Waals surface area contributed by atoms with Crippen LogP contribution in [0.15, 0.2) is 17.5 Å². The third-order valence-corrected chi connectivity index (χ3v) is 3.58. The molecule has 1 heterocycles. The number of rotatable bonds is 6. The van der Waals surface area contributed by atoms with Crippen molar-refractivity contribution in [3.05, 3.63) is 22.4 Å². The molecule has 0 aromatic carbocycles. The van der Waals surface area contributed by atoms with Crippen LogP contribution in [0.3, 0.4) is 0 Å². The maximum atomic E-state index is 6.22. The third kappa shape index (κ3) is 5.02. The highest BCUT2D eigenvalue weighted by atomic mass is 35.5. The third-order valence-electron chi connectivity index (χ3n) is 2.25. The van der Waals surface area contributed by atoms with Gasteiger partial charge >= 0.3 is 0 Å². The summed E-state index contributed by atoms with van der Waals surface area (Å²) in [5, 5.41) is 2.51. The Bertz CT molecular complexity index is 228. The van der Waals surface area contributed by atoms with Crippen LogP contribution in [0.5, 0.6) is 0 Å². The highest BCUT2D eigenvalue weighted by molar-refractivity contribution is 7.09. The smallest absolute Gasteiger partial charge is 0.0338 e. The topological polar surface area (TPSA) is 0 Å². The number of hydrogen-bond acceptors (Lipinski definition) is 1. The molecule has 1 unspecified atom stereocenters. The molecule has 0 fully saturated rings. The van der Waals surface area contributed by atoms with Crippen molar-refractivity contribution in [3.8, 4) is 0 Å². The van der Waals surface area contributed by atoms with E-state index in [-0.39, 0.29) is 0 Å². The summed E-state index contributed by atoms with van der Waals surface area (Å²) < 4.78 is 0. The van der Waals surface area contributed by atoms with Crippen molar-refractivity contribution in [1.82, 2.24) is 0 Å². The molecule has 2 heteroatoms. The van der Waals surface area contributed by atoms with Gasteiger partial charge in [-0.15, -0.1) is 22.9 Å². The number of hydrogen-bond donors (Lipinski definition) is 0. The summed E-state index contributed by atoms with van der Waals surface area (Å²) in [4.78, 5) is 1.48. The lowest BCUT2D eigenvalue weighted by molar-refractivity contribution is 0.534. The molecule has 0 aliphatic heterocycles. The zero-order valence-electron chi connectivity index (χ0n) is 9.00. The van der Waals surface area contributed by atoms with E-state index < -0.39 is 0 Å². The lowest BCUT2D eigenvalue weighted by Crippen LogP contribution is -2.03. The molecule has 1 rings (SSSR count). The van der Waals surface area contributed by atoms with Gasteiger partial charge in [0.1, 0.15) is 0 Å². The Kier molecular flexibility index (Phi) is 5.57. The van der Waals surface area contributed by atoms with Crippen molar-refractivity contribution < 1.29 is 0 Å². The molecule has 0 saturated heterocycles. The lowest BCUT2D eigenvalue weighted by atomic mass is 10.0. The summed E-state index contributed by atoms with van der Waals surface area (Å²) in [5.74, 6) is 0.722. The summed E-state index contributed by atoms with van der Waals surface area (Å²) in [6, 6.07) is 4.32. The summed E-state index contributed by atoms with van der Waals surface area (Å²) in [5.41, 5.74) is 0. The molecule has 0 aliphatic rings. The first-order chi connectivity index (χ1) is 6.68. The first-order valence-electron chi connectivity index (χ1n) is 5.35. The van der Waals surface area contributed by atoms with E-state index in [1.165, 1.54) is 17.7 Å². The van der Waals surface area contributed by atoms with E-state index in [0.29, 0.717) is 5.38 Å². The van der Waals surface area contributed by atoms with Crippen LogP contribution in [-0.2, 0) is 6.42 Å². The molecule has 0 saturated carbocycles. The highest BCUT2D eigenvalue weighted by Gasteiger charge is 2.06. The second-order valence-electron chi connectivity index (χ2n) is 4.20. The maximum Gasteiger partial charge on any atom is 0.0338 e. The van der Waals surface area contributed by atoms with E-state index >= 15 is 0 Å². The number of halogens is 1. The molecule has 1 aromatic heterocycles. The van der Waals surface area contributed by atoms with Gasteiger partial charge in [-0.1, -0.05) is 19.9 Å². The van der Waals surface area contributed by atoms with Crippen molar-refractivity contribution in [1.29, 1.82) is 0 Å². The Hall–Kier alpha value is -0.0100. The monoisotopic (exact) mass is 230 g/mol. The predicted octanol–water partition coefficient (Wildman–Crippen LogP) is 4.72. The second kappa shape index (κ2) is 6.47. The van der Waals surface area contributed by atoms with Gasteiger partial charge < -0.3 is 0 Å². The van der Waals surface area contributed by atoms with Gasteiger partial charge in [0.2, 0.25) is 0 Å². The van der Waals surface area contributed by atoms with Gasteiger partial charge in [-0.25, -0.2) is 0 Å². The Morgan fingerprint density at radius 3 is 2.79 bits per heavy atom. The van der Waals surface area contributed by atoms with Crippen molar-refractivity contribution >= 4 is 22.9 Å². The Labute approximate surface area is 96.3 Å². The quantitative estimate of drug-likeness (QED) is 0.621. The van der Waals surface area contributed by atoms with Crippen LogP contribution >= 0.6 is 22.9 Å². The lowest BCUT2D eigenvalue weighted by Gasteiger charge is -2.10. The minimum absolute atomic E-state index is 0.370. The van der Waals surface area contributed by atoms with Crippen LogP contribution in [0.2, 0.25) is 0 Å². The van der Waals surface area contributed by atoms with Crippen LogP contribution < -0.4 is 0 Å². The van der Waals surface area contributed by atoms with Crippen LogP contribution in [-0.4, -0.2) is 5.38 Å². The number of aryl methyl sites for hydroxylation is 1. The highest BCUT2D eigenvalue weighted by Crippen LogP contribution is 2.18. The first-order valence-corrected chi connectivity index (χ1v) is 6.66. The molecule has 0 aliphatic carbocycles. The fourth-order valence-electron chi connectivity index (χ4n) is 1.58. The fourth-order valence-corrected chi connectivity index (χ4v) is 2.84. The molecular formula is C12H19ClS. The van der Waals surface area contributed by atoms with Crippen LogP contribution in [0, 0.1) is 5.92 Å². The minimum atomic E-state index is 0.370. The molecule has 14 heavy (non-hydrogen) atoms. The van der Waals surface area contributed by atoms with Gasteiger partial charge in [-0.3, -0.25) is 0 Å². The standard InChI is InChI=1S/C12H19ClS/c1-10(2)9-11(13)5-3-6-12-7-4-8-14-12/h4,7-8,10-11H,3,5-6,9H2,1-2H3. The van der Waals surface area contributed by atoms with E-state index in [4.69, 9.17) is 11.6 Å². The fraction of sp³-hybridized carbons (Fsp3) is 0.667. The van der Waals surface area contributed by atoms with Crippen LogP contribution in [0.4, 0.5) is 0 Å². The molecule has 80 valence electrons. The molecule has 0 N–H and O–H groups in total. The number of alkyl halides is 1. The first kappa shape index (κ1) is 12.1. The molecule has 0 spiro atoms. The van der Waals surface area contributed by atoms with E-state index in [2.05, 4.69) is 31.4 Å². The molecule has 1 atom stereocenters. The molecule has 0 amide bonds. The molecule has 0 bridgehead atoms. The van der Waals surface area contributed by atoms with Crippen molar-refractivity contribution in [3.63, 3.8) is 0 Å². The maximum absolute atomic E-state index is 6.22. The van der Waals surface area contributed by atoms with Crippen LogP contribution in [0.25, 0.3) is 0 Å². The van der Waals surface area contributed by atoms with Gasteiger partial charge in [0.25, 0.3) is 0 Å². The average molecular weight is 231 g/mol. The SMILES string of the molecule is CC(C)CC(Cl)CCCc1cccs1. The van der Waals surface area contributed by atoms with Gasteiger partial charge in [-0.05, 0) is 43.0 Å². The van der Waals surface area contributed by atoms with E-state index in [0.717, 1.165) is 18.8 Å². The van der Waals surface area contributed by atoms with Crippen molar-refractivity contribution in [2.45, 2.75) is 44.9 Å². The summed E-state index contributed by atoms with van der Waals surface area (Å²) in [7, 11) is 0. The molecule has 0 nitrogen and oxygen atoms in total. The van der Waals surface area contributed by atoms with Gasteiger partial charge in [-0.2, -0.15) is 0 Å². The number of thiophene rings is 1. The van der Waals surface area contributed by atoms with Gasteiger partial charge in [0, 0.05) is 10.3 Å². The van der Waals surface area contributed by atoms with E-state index in [1.807, 2.05) is 11.3 Å². The van der Waals surface area contributed by atoms with Crippen LogP contribution in [0.1, 0.15) is 38.0 Å². The van der Waals surface area contributed by atoms with E-state index in [9.17, 15) is 0 Å². The second-order valence-corrected chi connectivity index (χ2v) is 5.85. The largest absolute Gasteiger partial charge is 0.149 e. The molecule has 1 aromatic rings. The van der Waals surface area contributed by atoms with Gasteiger partial charge in [0.15, 0.2) is 0 Å². The van der Waals surface area contributed by atoms with Crippen molar-refractivity contribution in [2.75, 3.05) is 0 Å². The Morgan fingerprint density at radius 2 is 2.21 bits per heavy atom. The van der Waals surface area contributed by atoms with E-state index in [1.54, 1.807) is 0 Å². The summed E-state index contributed by atoms with van der Waals surface area (Å²) in [6.45, 7) is 4.46. The minimum Gasteiger partial charge on any atom is -0.149 e. The normalized spacial score (nSPS) is 13.4. The molecule has 0 radical (unpaired) electrons. The van der Waals surface area contributed by atoms with Crippen molar-refractivity contribution in [2.24, 2.45) is 5.92 Å². The summed E-state index contributed by atoms with van der Waals surface area (Å²) in [6.07, 6.45) is 4.71. The average Bonchev–Trinajstić information content (AvgIpc) is 2.55. The molecular weight excluding hydrogens is 212 g/mol. The van der Waals surface area contributed by atoms with Gasteiger partial charge in [0.05, 0.1) is 0 Å². The zero-order valence-corrected chi connectivity index (χ0v) is 10.6. The Balaban J connectivity index is 2.09. The zero-order chi connectivity index (χ0) is 10.4.